The molecule has 1 heterocycles. The van der Waals surface area contributed by atoms with Crippen LogP contribution in [0, 0.1) is 5.82 Å². The van der Waals surface area contributed by atoms with Gasteiger partial charge in [-0.25, -0.2) is 4.39 Å². The molecule has 0 spiro atoms. The first-order valence-electron chi connectivity index (χ1n) is 6.38. The molecule has 0 amide bonds. The van der Waals surface area contributed by atoms with E-state index >= 15 is 0 Å². The van der Waals surface area contributed by atoms with E-state index in [0.717, 1.165) is 22.7 Å². The van der Waals surface area contributed by atoms with Gasteiger partial charge in [-0.1, -0.05) is 6.07 Å². The summed E-state index contributed by atoms with van der Waals surface area (Å²) in [7, 11) is 0. The molecule has 0 saturated heterocycles. The number of rotatable bonds is 4. The number of hydrogen-bond acceptors (Lipinski definition) is 4. The molecule has 1 unspecified atom stereocenters. The molecule has 0 saturated carbocycles. The summed E-state index contributed by atoms with van der Waals surface area (Å²) in [5.74, 6) is 1.20. The van der Waals surface area contributed by atoms with E-state index in [2.05, 4.69) is 5.32 Å². The van der Waals surface area contributed by atoms with Gasteiger partial charge in [-0.15, -0.1) is 0 Å². The van der Waals surface area contributed by atoms with Gasteiger partial charge in [-0.3, -0.25) is 0 Å². The van der Waals surface area contributed by atoms with Gasteiger partial charge in [0.15, 0.2) is 11.5 Å². The Bertz CT molecular complexity index is 601. The molecule has 3 rings (SSSR count). The third-order valence-corrected chi connectivity index (χ3v) is 3.22. The fourth-order valence-corrected chi connectivity index (χ4v) is 2.16. The molecule has 0 aromatic heterocycles. The minimum absolute atomic E-state index is 0.0741. The molecule has 4 nitrogen and oxygen atoms in total. The second-order valence-electron chi connectivity index (χ2n) is 4.55. The SMILES string of the molecule is NCC(Nc1ccc(F)cc1)c1ccc2c(c1)OCO2. The largest absolute Gasteiger partial charge is 0.454 e. The van der Waals surface area contributed by atoms with Crippen LogP contribution in [-0.4, -0.2) is 13.3 Å². The number of benzene rings is 2. The van der Waals surface area contributed by atoms with Crippen LogP contribution in [0.25, 0.3) is 0 Å². The maximum atomic E-state index is 12.9. The van der Waals surface area contributed by atoms with E-state index in [9.17, 15) is 4.39 Å². The van der Waals surface area contributed by atoms with Crippen molar-refractivity contribution in [2.24, 2.45) is 5.73 Å². The lowest BCUT2D eigenvalue weighted by Gasteiger charge is -2.19. The van der Waals surface area contributed by atoms with Crippen molar-refractivity contribution >= 4 is 5.69 Å². The molecule has 0 bridgehead atoms. The Hall–Kier alpha value is -2.27. The highest BCUT2D eigenvalue weighted by atomic mass is 19.1. The predicted octanol–water partition coefficient (Wildman–Crippen LogP) is 2.67. The van der Waals surface area contributed by atoms with Crippen molar-refractivity contribution in [1.29, 1.82) is 0 Å². The zero-order valence-electron chi connectivity index (χ0n) is 10.8. The monoisotopic (exact) mass is 274 g/mol. The Morgan fingerprint density at radius 2 is 1.85 bits per heavy atom. The van der Waals surface area contributed by atoms with Gasteiger partial charge >= 0.3 is 0 Å². The van der Waals surface area contributed by atoms with Crippen molar-refractivity contribution in [3.63, 3.8) is 0 Å². The lowest BCUT2D eigenvalue weighted by Crippen LogP contribution is -2.20. The van der Waals surface area contributed by atoms with Crippen LogP contribution >= 0.6 is 0 Å². The average molecular weight is 274 g/mol. The number of hydrogen-bond donors (Lipinski definition) is 2. The van der Waals surface area contributed by atoms with Gasteiger partial charge in [-0.2, -0.15) is 0 Å². The highest BCUT2D eigenvalue weighted by molar-refractivity contribution is 5.49. The summed E-state index contributed by atoms with van der Waals surface area (Å²) >= 11 is 0. The van der Waals surface area contributed by atoms with Gasteiger partial charge in [0.2, 0.25) is 6.79 Å². The average Bonchev–Trinajstić information content (AvgIpc) is 2.94. The van der Waals surface area contributed by atoms with Gasteiger partial charge in [0.05, 0.1) is 6.04 Å². The molecule has 3 N–H and O–H groups in total. The Balaban J connectivity index is 1.81. The van der Waals surface area contributed by atoms with E-state index in [4.69, 9.17) is 15.2 Å². The quantitative estimate of drug-likeness (QED) is 0.900. The van der Waals surface area contributed by atoms with Crippen LogP contribution in [0.15, 0.2) is 42.5 Å². The highest BCUT2D eigenvalue weighted by Crippen LogP contribution is 2.34. The van der Waals surface area contributed by atoms with Crippen LogP contribution in [-0.2, 0) is 0 Å². The van der Waals surface area contributed by atoms with E-state index in [1.165, 1.54) is 12.1 Å². The standard InChI is InChI=1S/C15H15FN2O2/c16-11-2-4-12(5-3-11)18-13(8-17)10-1-6-14-15(7-10)20-9-19-14/h1-7,13,18H,8-9,17H2. The van der Waals surface area contributed by atoms with Gasteiger partial charge in [0, 0.05) is 12.2 Å². The van der Waals surface area contributed by atoms with Crippen molar-refractivity contribution in [3.8, 4) is 11.5 Å². The molecule has 0 fully saturated rings. The molecule has 104 valence electrons. The molecule has 0 radical (unpaired) electrons. The van der Waals surface area contributed by atoms with Crippen molar-refractivity contribution in [1.82, 2.24) is 0 Å². The van der Waals surface area contributed by atoms with E-state index in [-0.39, 0.29) is 18.7 Å². The Morgan fingerprint density at radius 3 is 2.60 bits per heavy atom. The van der Waals surface area contributed by atoms with Crippen LogP contribution in [0.3, 0.4) is 0 Å². The normalized spacial score (nSPS) is 14.1. The molecule has 0 aliphatic carbocycles. The first-order chi connectivity index (χ1) is 9.76. The maximum absolute atomic E-state index is 12.9. The molecule has 2 aromatic carbocycles. The summed E-state index contributed by atoms with van der Waals surface area (Å²) in [6.45, 7) is 0.661. The maximum Gasteiger partial charge on any atom is 0.231 e. The highest BCUT2D eigenvalue weighted by Gasteiger charge is 2.17. The third-order valence-electron chi connectivity index (χ3n) is 3.22. The molecular formula is C15H15FN2O2. The fourth-order valence-electron chi connectivity index (χ4n) is 2.16. The third kappa shape index (κ3) is 2.53. The van der Waals surface area contributed by atoms with Crippen LogP contribution in [0.5, 0.6) is 11.5 Å². The molecule has 1 aliphatic heterocycles. The number of nitrogens with one attached hydrogen (secondary N) is 1. The Morgan fingerprint density at radius 1 is 1.10 bits per heavy atom. The summed E-state index contributed by atoms with van der Waals surface area (Å²) in [6.07, 6.45) is 0. The van der Waals surface area contributed by atoms with Crippen LogP contribution in [0.2, 0.25) is 0 Å². The minimum Gasteiger partial charge on any atom is -0.454 e. The van der Waals surface area contributed by atoms with Crippen molar-refractivity contribution in [2.75, 3.05) is 18.7 Å². The summed E-state index contributed by atoms with van der Waals surface area (Å²) in [5, 5.41) is 3.28. The van der Waals surface area contributed by atoms with Crippen molar-refractivity contribution < 1.29 is 13.9 Å². The second kappa shape index (κ2) is 5.38. The molecule has 5 heteroatoms. The number of nitrogens with two attached hydrogens (primary N) is 1. The molecular weight excluding hydrogens is 259 g/mol. The van der Waals surface area contributed by atoms with Crippen molar-refractivity contribution in [3.05, 3.63) is 53.8 Å². The molecule has 1 aliphatic rings. The zero-order chi connectivity index (χ0) is 13.9. The molecule has 1 atom stereocenters. The van der Waals surface area contributed by atoms with Gasteiger partial charge < -0.3 is 20.5 Å². The van der Waals surface area contributed by atoms with Gasteiger partial charge in [0.25, 0.3) is 0 Å². The Kier molecular flexibility index (Phi) is 3.43. The van der Waals surface area contributed by atoms with E-state index in [0.29, 0.717) is 6.54 Å². The van der Waals surface area contributed by atoms with Crippen molar-refractivity contribution in [2.45, 2.75) is 6.04 Å². The summed E-state index contributed by atoms with van der Waals surface area (Å²) in [5.41, 5.74) is 7.64. The van der Waals surface area contributed by atoms with E-state index < -0.39 is 0 Å². The fraction of sp³-hybridized carbons (Fsp3) is 0.200. The van der Waals surface area contributed by atoms with Crippen LogP contribution in [0.1, 0.15) is 11.6 Å². The smallest absolute Gasteiger partial charge is 0.231 e. The van der Waals surface area contributed by atoms with E-state index in [1.807, 2.05) is 18.2 Å². The number of anilines is 1. The predicted molar refractivity (Wildman–Crippen MR) is 74.4 cm³/mol. The lowest BCUT2D eigenvalue weighted by molar-refractivity contribution is 0.174. The first-order valence-corrected chi connectivity index (χ1v) is 6.38. The molecule has 20 heavy (non-hydrogen) atoms. The zero-order valence-corrected chi connectivity index (χ0v) is 10.8. The molecule has 2 aromatic rings. The van der Waals surface area contributed by atoms with Crippen LogP contribution in [0.4, 0.5) is 10.1 Å². The Labute approximate surface area is 116 Å². The minimum atomic E-state index is -0.261. The van der Waals surface area contributed by atoms with Gasteiger partial charge in [0.1, 0.15) is 5.82 Å². The number of halogens is 1. The first kappa shape index (κ1) is 12.7. The van der Waals surface area contributed by atoms with Gasteiger partial charge in [-0.05, 0) is 42.0 Å². The number of fused-ring (bicyclic) bond motifs is 1. The number of ether oxygens (including phenoxy) is 2. The van der Waals surface area contributed by atoms with E-state index in [1.54, 1.807) is 12.1 Å². The summed E-state index contributed by atoms with van der Waals surface area (Å²) in [4.78, 5) is 0. The summed E-state index contributed by atoms with van der Waals surface area (Å²) in [6, 6.07) is 11.8. The topological polar surface area (TPSA) is 56.5 Å². The second-order valence-corrected chi connectivity index (χ2v) is 4.55. The van der Waals surface area contributed by atoms with Crippen LogP contribution < -0.4 is 20.5 Å². The lowest BCUT2D eigenvalue weighted by atomic mass is 10.1. The summed E-state index contributed by atoms with van der Waals surface area (Å²) < 4.78 is 23.5.